The zero-order chi connectivity index (χ0) is 20.3. The number of rotatable bonds is 6. The second kappa shape index (κ2) is 8.34. The topological polar surface area (TPSA) is 84.2 Å². The third kappa shape index (κ3) is 4.45. The zero-order valence-corrected chi connectivity index (χ0v) is 15.3. The minimum atomic E-state index is -1.69. The normalized spacial score (nSPS) is 12.0. The fourth-order valence-electron chi connectivity index (χ4n) is 2.23. The highest BCUT2D eigenvalue weighted by atomic mass is 32.2. The maximum absolute atomic E-state index is 13.5. The molecule has 1 aromatic heterocycles. The molecule has 0 fully saturated rings. The lowest BCUT2D eigenvalue weighted by Crippen LogP contribution is -2.37. The molecule has 3 rings (SSSR count). The van der Waals surface area contributed by atoms with Crippen molar-refractivity contribution in [2.75, 3.05) is 11.9 Å². The quantitative estimate of drug-likeness (QED) is 0.481. The van der Waals surface area contributed by atoms with Gasteiger partial charge in [-0.3, -0.25) is 9.59 Å². The van der Waals surface area contributed by atoms with Crippen LogP contribution in [0.15, 0.2) is 46.0 Å². The van der Waals surface area contributed by atoms with Crippen LogP contribution in [0.25, 0.3) is 11.1 Å². The minimum absolute atomic E-state index is 0.303. The lowest BCUT2D eigenvalue weighted by Gasteiger charge is -2.11. The lowest BCUT2D eigenvalue weighted by atomic mass is 10.2. The van der Waals surface area contributed by atoms with Crippen molar-refractivity contribution >= 4 is 40.4 Å². The maximum atomic E-state index is 13.5. The number of halogens is 3. The van der Waals surface area contributed by atoms with Crippen molar-refractivity contribution in [3.63, 3.8) is 0 Å². The monoisotopic (exact) mass is 409 g/mol. The SMILES string of the molecule is CC(Sc1nc2ccccc2o1)C(=O)NCC(=O)Nc1ccc(F)c(F)c1F. The number of hydrogen-bond donors (Lipinski definition) is 2. The first-order chi connectivity index (χ1) is 13.3. The highest BCUT2D eigenvalue weighted by molar-refractivity contribution is 8.00. The molecule has 28 heavy (non-hydrogen) atoms. The molecule has 0 spiro atoms. The van der Waals surface area contributed by atoms with Gasteiger partial charge >= 0.3 is 0 Å². The fraction of sp³-hybridized carbons (Fsp3) is 0.167. The molecule has 2 aromatic carbocycles. The first-order valence-corrected chi connectivity index (χ1v) is 8.96. The standard InChI is InChI=1S/C18H14F3N3O3S/c1-9(28-18-24-11-4-2-3-5-13(11)27-18)17(26)22-8-14(25)23-12-7-6-10(19)15(20)16(12)21/h2-7,9H,8H2,1H3,(H,22,26)(H,23,25). The molecule has 1 atom stereocenters. The van der Waals surface area contributed by atoms with Crippen molar-refractivity contribution in [3.8, 4) is 0 Å². The second-order valence-electron chi connectivity index (χ2n) is 5.70. The van der Waals surface area contributed by atoms with Gasteiger partial charge in [0.05, 0.1) is 17.5 Å². The van der Waals surface area contributed by atoms with Crippen LogP contribution in [0.3, 0.4) is 0 Å². The summed E-state index contributed by atoms with van der Waals surface area (Å²) in [6.45, 7) is 1.12. The van der Waals surface area contributed by atoms with Gasteiger partial charge in [0.15, 0.2) is 23.0 Å². The Kier molecular flexibility index (Phi) is 5.88. The van der Waals surface area contributed by atoms with Crippen molar-refractivity contribution in [1.82, 2.24) is 10.3 Å². The van der Waals surface area contributed by atoms with Crippen LogP contribution >= 0.6 is 11.8 Å². The van der Waals surface area contributed by atoms with Gasteiger partial charge in [0.1, 0.15) is 5.52 Å². The number of benzene rings is 2. The van der Waals surface area contributed by atoms with Crippen LogP contribution in [-0.2, 0) is 9.59 Å². The highest BCUT2D eigenvalue weighted by Crippen LogP contribution is 2.26. The molecule has 0 radical (unpaired) electrons. The number of nitrogens with one attached hydrogen (secondary N) is 2. The number of carbonyl (C=O) groups excluding carboxylic acids is 2. The summed E-state index contributed by atoms with van der Waals surface area (Å²) >= 11 is 1.07. The molecule has 1 heterocycles. The Balaban J connectivity index is 1.53. The van der Waals surface area contributed by atoms with Crippen molar-refractivity contribution in [1.29, 1.82) is 0 Å². The van der Waals surface area contributed by atoms with Crippen LogP contribution in [0.4, 0.5) is 18.9 Å². The molecule has 6 nitrogen and oxygen atoms in total. The number of fused-ring (bicyclic) bond motifs is 1. The van der Waals surface area contributed by atoms with Crippen molar-refractivity contribution in [2.45, 2.75) is 17.4 Å². The number of para-hydroxylation sites is 2. The fourth-order valence-corrected chi connectivity index (χ4v) is 3.02. The Labute approximate surface area is 161 Å². The van der Waals surface area contributed by atoms with E-state index in [0.717, 1.165) is 17.8 Å². The van der Waals surface area contributed by atoms with E-state index in [4.69, 9.17) is 4.42 Å². The number of thioether (sulfide) groups is 1. The smallest absolute Gasteiger partial charge is 0.257 e. The zero-order valence-electron chi connectivity index (χ0n) is 14.5. The van der Waals surface area contributed by atoms with E-state index in [-0.39, 0.29) is 0 Å². The van der Waals surface area contributed by atoms with E-state index in [0.29, 0.717) is 22.4 Å². The Morgan fingerprint density at radius 1 is 1.14 bits per heavy atom. The van der Waals surface area contributed by atoms with Gasteiger partial charge in [0.25, 0.3) is 5.22 Å². The highest BCUT2D eigenvalue weighted by Gasteiger charge is 2.19. The van der Waals surface area contributed by atoms with Crippen LogP contribution in [0.1, 0.15) is 6.92 Å². The van der Waals surface area contributed by atoms with Gasteiger partial charge in [0, 0.05) is 0 Å². The predicted molar refractivity (Wildman–Crippen MR) is 97.3 cm³/mol. The summed E-state index contributed by atoms with van der Waals surface area (Å²) in [6.07, 6.45) is 0. The number of nitrogens with zero attached hydrogens (tertiary/aromatic N) is 1. The molecule has 0 saturated heterocycles. The van der Waals surface area contributed by atoms with E-state index < -0.39 is 46.7 Å². The van der Waals surface area contributed by atoms with Crippen LogP contribution in [0.2, 0.25) is 0 Å². The molecule has 0 aliphatic heterocycles. The molecule has 146 valence electrons. The van der Waals surface area contributed by atoms with Gasteiger partial charge in [-0.05, 0) is 31.2 Å². The number of amides is 2. The summed E-state index contributed by atoms with van der Waals surface area (Å²) in [5.74, 6) is -5.84. The maximum Gasteiger partial charge on any atom is 0.257 e. The first kappa shape index (κ1) is 19.7. The Hall–Kier alpha value is -3.01. The summed E-state index contributed by atoms with van der Waals surface area (Å²) < 4.78 is 45.1. The molecule has 0 saturated carbocycles. The molecule has 0 bridgehead atoms. The third-order valence-corrected chi connectivity index (χ3v) is 4.60. The van der Waals surface area contributed by atoms with E-state index >= 15 is 0 Å². The minimum Gasteiger partial charge on any atom is -0.431 e. The molecular weight excluding hydrogens is 395 g/mol. The third-order valence-electron chi connectivity index (χ3n) is 3.65. The molecule has 0 aliphatic rings. The molecule has 1 unspecified atom stereocenters. The average Bonchev–Trinajstić information content (AvgIpc) is 3.08. The molecule has 0 aliphatic carbocycles. The lowest BCUT2D eigenvalue weighted by molar-refractivity contribution is -0.123. The Bertz CT molecular complexity index is 1010. The number of hydrogen-bond acceptors (Lipinski definition) is 5. The van der Waals surface area contributed by atoms with Crippen molar-refractivity contribution in [2.24, 2.45) is 0 Å². The number of anilines is 1. The van der Waals surface area contributed by atoms with Crippen LogP contribution in [-0.4, -0.2) is 28.6 Å². The summed E-state index contributed by atoms with van der Waals surface area (Å²) in [5, 5.41) is 4.12. The van der Waals surface area contributed by atoms with Gasteiger partial charge in [-0.1, -0.05) is 23.9 Å². The van der Waals surface area contributed by atoms with Gasteiger partial charge in [0.2, 0.25) is 11.8 Å². The summed E-state index contributed by atoms with van der Waals surface area (Å²) in [5.41, 5.74) is 0.725. The van der Waals surface area contributed by atoms with E-state index in [1.54, 1.807) is 25.1 Å². The molecule has 2 amide bonds. The van der Waals surface area contributed by atoms with E-state index in [9.17, 15) is 22.8 Å². The Morgan fingerprint density at radius 3 is 2.64 bits per heavy atom. The number of aromatic nitrogens is 1. The van der Waals surface area contributed by atoms with Crippen LogP contribution in [0.5, 0.6) is 0 Å². The second-order valence-corrected chi connectivity index (χ2v) is 6.99. The van der Waals surface area contributed by atoms with Crippen molar-refractivity contribution < 1.29 is 27.2 Å². The molecule has 2 N–H and O–H groups in total. The van der Waals surface area contributed by atoms with Gasteiger partial charge in [-0.25, -0.2) is 18.2 Å². The largest absolute Gasteiger partial charge is 0.431 e. The summed E-state index contributed by atoms with van der Waals surface area (Å²) in [6, 6.07) is 8.70. The van der Waals surface area contributed by atoms with Gasteiger partial charge in [-0.15, -0.1) is 0 Å². The summed E-state index contributed by atoms with van der Waals surface area (Å²) in [4.78, 5) is 28.2. The number of carbonyl (C=O) groups is 2. The van der Waals surface area contributed by atoms with Crippen LogP contribution in [0, 0.1) is 17.5 Å². The average molecular weight is 409 g/mol. The molecule has 10 heteroatoms. The van der Waals surface area contributed by atoms with Crippen LogP contribution < -0.4 is 10.6 Å². The van der Waals surface area contributed by atoms with E-state index in [1.165, 1.54) is 0 Å². The summed E-state index contributed by atoms with van der Waals surface area (Å²) in [7, 11) is 0. The number of oxazole rings is 1. The molecule has 3 aromatic rings. The van der Waals surface area contributed by atoms with E-state index in [1.807, 2.05) is 6.07 Å². The van der Waals surface area contributed by atoms with Gasteiger partial charge < -0.3 is 15.1 Å². The van der Waals surface area contributed by atoms with E-state index in [2.05, 4.69) is 15.6 Å². The molecular formula is C18H14F3N3O3S. The van der Waals surface area contributed by atoms with Crippen molar-refractivity contribution in [3.05, 3.63) is 53.8 Å². The first-order valence-electron chi connectivity index (χ1n) is 8.08. The Morgan fingerprint density at radius 2 is 1.89 bits per heavy atom. The van der Waals surface area contributed by atoms with Gasteiger partial charge in [-0.2, -0.15) is 0 Å². The predicted octanol–water partition coefficient (Wildman–Crippen LogP) is 3.48.